The molecular weight excluding hydrogens is 456 g/mol. The Bertz CT molecular complexity index is 1100. The van der Waals surface area contributed by atoms with Crippen LogP contribution >= 0.6 is 23.6 Å². The van der Waals surface area contributed by atoms with Crippen LogP contribution in [0, 0.1) is 6.92 Å². The van der Waals surface area contributed by atoms with Crippen LogP contribution in [0.25, 0.3) is 11.1 Å². The number of nitrogens with one attached hydrogen (secondary N) is 2. The van der Waals surface area contributed by atoms with E-state index in [-0.39, 0.29) is 24.0 Å². The number of anilines is 1. The molecule has 0 spiro atoms. The van der Waals surface area contributed by atoms with Gasteiger partial charge in [-0.1, -0.05) is 48.5 Å². The van der Waals surface area contributed by atoms with Crippen LogP contribution < -0.4 is 15.4 Å². The van der Waals surface area contributed by atoms with E-state index in [4.69, 9.17) is 21.7 Å². The summed E-state index contributed by atoms with van der Waals surface area (Å²) in [5.41, 5.74) is 2.13. The van der Waals surface area contributed by atoms with E-state index in [1.165, 1.54) is 11.3 Å². The Morgan fingerprint density at radius 3 is 2.36 bits per heavy atom. The van der Waals surface area contributed by atoms with Crippen molar-refractivity contribution in [3.05, 3.63) is 71.1 Å². The first kappa shape index (κ1) is 24.4. The molecule has 6 nitrogen and oxygen atoms in total. The molecule has 0 aliphatic carbocycles. The summed E-state index contributed by atoms with van der Waals surface area (Å²) >= 11 is 6.72. The minimum atomic E-state index is -0.435. The van der Waals surface area contributed by atoms with Crippen LogP contribution in [0.5, 0.6) is 5.75 Å². The zero-order valence-corrected chi connectivity index (χ0v) is 20.2. The third-order valence-corrected chi connectivity index (χ3v) is 5.89. The number of thiocarbonyl (C=S) groups is 1. The number of benzene rings is 2. The highest BCUT2D eigenvalue weighted by Crippen LogP contribution is 2.40. The highest BCUT2D eigenvalue weighted by Gasteiger charge is 2.25. The molecule has 2 N–H and O–H groups in total. The van der Waals surface area contributed by atoms with Gasteiger partial charge < -0.3 is 20.1 Å². The van der Waals surface area contributed by atoms with Gasteiger partial charge in [0.1, 0.15) is 16.3 Å². The van der Waals surface area contributed by atoms with Gasteiger partial charge in [0.2, 0.25) is 5.91 Å². The smallest absolute Gasteiger partial charge is 0.341 e. The largest absolute Gasteiger partial charge is 0.494 e. The zero-order chi connectivity index (χ0) is 23.6. The predicted octanol–water partition coefficient (Wildman–Crippen LogP) is 5.57. The van der Waals surface area contributed by atoms with Crippen molar-refractivity contribution in [2.75, 3.05) is 18.5 Å². The third-order valence-electron chi connectivity index (χ3n) is 4.67. The Morgan fingerprint density at radius 2 is 1.70 bits per heavy atom. The number of thiophene rings is 1. The second-order valence-corrected chi connectivity index (χ2v) is 8.72. The molecule has 3 aromatic rings. The molecular formula is C25H26N2O4S2. The van der Waals surface area contributed by atoms with Crippen molar-refractivity contribution < 1.29 is 19.1 Å². The van der Waals surface area contributed by atoms with Gasteiger partial charge in [0, 0.05) is 16.9 Å². The molecule has 3 rings (SSSR count). The van der Waals surface area contributed by atoms with Crippen molar-refractivity contribution in [1.29, 1.82) is 0 Å². The first-order valence-electron chi connectivity index (χ1n) is 10.6. The van der Waals surface area contributed by atoms with Crippen LogP contribution in [-0.4, -0.2) is 30.2 Å². The molecule has 0 aliphatic heterocycles. The quantitative estimate of drug-likeness (QED) is 0.236. The lowest BCUT2D eigenvalue weighted by Crippen LogP contribution is -2.34. The third kappa shape index (κ3) is 6.87. The molecule has 0 saturated heterocycles. The molecule has 2 aromatic carbocycles. The monoisotopic (exact) mass is 482 g/mol. The minimum Gasteiger partial charge on any atom is -0.494 e. The molecule has 8 heteroatoms. The van der Waals surface area contributed by atoms with Crippen molar-refractivity contribution in [3.8, 4) is 16.9 Å². The van der Waals surface area contributed by atoms with E-state index >= 15 is 0 Å². The number of para-hydroxylation sites is 1. The summed E-state index contributed by atoms with van der Waals surface area (Å²) in [6.07, 6.45) is 0.811. The van der Waals surface area contributed by atoms with Gasteiger partial charge in [-0.15, -0.1) is 11.3 Å². The van der Waals surface area contributed by atoms with E-state index in [9.17, 15) is 9.59 Å². The number of carbonyl (C=O) groups is 2. The van der Waals surface area contributed by atoms with E-state index in [0.29, 0.717) is 23.6 Å². The Balaban J connectivity index is 1.62. The van der Waals surface area contributed by atoms with Gasteiger partial charge in [-0.25, -0.2) is 4.79 Å². The van der Waals surface area contributed by atoms with Gasteiger partial charge in [-0.3, -0.25) is 4.79 Å². The minimum absolute atomic E-state index is 0.135. The Hall–Kier alpha value is -3.23. The Labute approximate surface area is 202 Å². The van der Waals surface area contributed by atoms with Gasteiger partial charge in [0.15, 0.2) is 5.11 Å². The lowest BCUT2D eigenvalue weighted by atomic mass is 10.0. The summed E-state index contributed by atoms with van der Waals surface area (Å²) in [5.74, 6) is 0.109. The molecule has 1 amide bonds. The Kier molecular flexibility index (Phi) is 8.97. The molecule has 172 valence electrons. The molecule has 0 atom stereocenters. The standard InChI is InChI=1S/C25H26N2O4S2/c1-3-30-24(29)22-21(18-11-6-4-7-12-18)17(2)33-23(22)27-25(32)26-20(28)15-10-16-31-19-13-8-5-9-14-19/h4-9,11-14H,3,10,15-16H2,1-2H3,(H2,26,27,28,32). The predicted molar refractivity (Wildman–Crippen MR) is 136 cm³/mol. The highest BCUT2D eigenvalue weighted by molar-refractivity contribution is 7.80. The van der Waals surface area contributed by atoms with Crippen molar-refractivity contribution in [2.24, 2.45) is 0 Å². The molecule has 33 heavy (non-hydrogen) atoms. The molecule has 1 heterocycles. The van der Waals surface area contributed by atoms with Gasteiger partial charge in [-0.05, 0) is 50.2 Å². The summed E-state index contributed by atoms with van der Waals surface area (Å²) in [5, 5.41) is 6.37. The number of esters is 1. The molecule has 0 bridgehead atoms. The van der Waals surface area contributed by atoms with E-state index in [0.717, 1.165) is 21.8 Å². The summed E-state index contributed by atoms with van der Waals surface area (Å²) < 4.78 is 10.9. The maximum Gasteiger partial charge on any atom is 0.341 e. The Morgan fingerprint density at radius 1 is 1.03 bits per heavy atom. The van der Waals surface area contributed by atoms with Crippen molar-refractivity contribution in [2.45, 2.75) is 26.7 Å². The lowest BCUT2D eigenvalue weighted by molar-refractivity contribution is -0.119. The molecule has 0 radical (unpaired) electrons. The van der Waals surface area contributed by atoms with Crippen LogP contribution in [0.1, 0.15) is 35.0 Å². The van der Waals surface area contributed by atoms with E-state index in [1.54, 1.807) is 6.92 Å². The van der Waals surface area contributed by atoms with Gasteiger partial charge in [0.05, 0.1) is 13.2 Å². The van der Waals surface area contributed by atoms with E-state index in [1.807, 2.05) is 67.6 Å². The SMILES string of the molecule is CCOC(=O)c1c(NC(=S)NC(=O)CCCOc2ccccc2)sc(C)c1-c1ccccc1. The van der Waals surface area contributed by atoms with Crippen LogP contribution in [0.4, 0.5) is 5.00 Å². The highest BCUT2D eigenvalue weighted by atomic mass is 32.1. The maximum absolute atomic E-state index is 12.8. The molecule has 0 fully saturated rings. The lowest BCUT2D eigenvalue weighted by Gasteiger charge is -2.11. The summed E-state index contributed by atoms with van der Waals surface area (Å²) in [6, 6.07) is 19.1. The number of carbonyl (C=O) groups excluding carboxylic acids is 2. The maximum atomic E-state index is 12.8. The van der Waals surface area contributed by atoms with Gasteiger partial charge in [0.25, 0.3) is 0 Å². The summed E-state index contributed by atoms with van der Waals surface area (Å²) in [6.45, 7) is 4.39. The summed E-state index contributed by atoms with van der Waals surface area (Å²) in [4.78, 5) is 26.0. The second-order valence-electron chi connectivity index (χ2n) is 7.09. The van der Waals surface area contributed by atoms with E-state index in [2.05, 4.69) is 10.6 Å². The molecule has 0 unspecified atom stereocenters. The normalized spacial score (nSPS) is 10.4. The topological polar surface area (TPSA) is 76.7 Å². The van der Waals surface area contributed by atoms with Crippen molar-refractivity contribution >= 4 is 45.5 Å². The average molecular weight is 483 g/mol. The number of hydrogen-bond donors (Lipinski definition) is 2. The number of ether oxygens (including phenoxy) is 2. The van der Waals surface area contributed by atoms with Crippen molar-refractivity contribution in [3.63, 3.8) is 0 Å². The molecule has 0 aliphatic rings. The van der Waals surface area contributed by atoms with E-state index < -0.39 is 5.97 Å². The first-order valence-corrected chi connectivity index (χ1v) is 11.9. The fraction of sp³-hybridized carbons (Fsp3) is 0.240. The fourth-order valence-electron chi connectivity index (χ4n) is 3.25. The second kappa shape index (κ2) is 12.1. The molecule has 1 aromatic heterocycles. The van der Waals surface area contributed by atoms with Crippen LogP contribution in [0.15, 0.2) is 60.7 Å². The van der Waals surface area contributed by atoms with Gasteiger partial charge in [-0.2, -0.15) is 0 Å². The summed E-state index contributed by atoms with van der Waals surface area (Å²) in [7, 11) is 0. The van der Waals surface area contributed by atoms with Crippen LogP contribution in [0.3, 0.4) is 0 Å². The zero-order valence-electron chi connectivity index (χ0n) is 18.6. The van der Waals surface area contributed by atoms with Crippen molar-refractivity contribution in [1.82, 2.24) is 5.32 Å². The average Bonchev–Trinajstić information content (AvgIpc) is 3.13. The van der Waals surface area contributed by atoms with Gasteiger partial charge >= 0.3 is 5.97 Å². The number of amides is 1. The van der Waals surface area contributed by atoms with Crippen LogP contribution in [-0.2, 0) is 9.53 Å². The first-order chi connectivity index (χ1) is 16.0. The number of aryl methyl sites for hydroxylation is 1. The fourth-order valence-corrected chi connectivity index (χ4v) is 4.60. The molecule has 0 saturated carbocycles. The number of rotatable bonds is 9. The number of hydrogen-bond acceptors (Lipinski definition) is 6. The van der Waals surface area contributed by atoms with Crippen LogP contribution in [0.2, 0.25) is 0 Å².